The van der Waals surface area contributed by atoms with Gasteiger partial charge in [-0.2, -0.15) is 0 Å². The molecule has 1 amide bonds. The van der Waals surface area contributed by atoms with E-state index in [1.807, 2.05) is 12.1 Å². The summed E-state index contributed by atoms with van der Waals surface area (Å²) in [7, 11) is 0. The maximum Gasteiger partial charge on any atom is 0.263 e. The summed E-state index contributed by atoms with van der Waals surface area (Å²) < 4.78 is 0.960. The van der Waals surface area contributed by atoms with Crippen molar-refractivity contribution in [3.63, 3.8) is 0 Å². The molecule has 1 unspecified atom stereocenters. The highest BCUT2D eigenvalue weighted by Crippen LogP contribution is 2.37. The summed E-state index contributed by atoms with van der Waals surface area (Å²) >= 11 is 1.42. The van der Waals surface area contributed by atoms with Gasteiger partial charge in [0.05, 0.1) is 10.4 Å². The fourth-order valence-electron chi connectivity index (χ4n) is 2.93. The van der Waals surface area contributed by atoms with Crippen LogP contribution in [0.25, 0.3) is 10.2 Å². The molecule has 5 heteroatoms. The molecule has 1 atom stereocenters. The van der Waals surface area contributed by atoms with Crippen LogP contribution in [0.1, 0.15) is 42.8 Å². The first-order valence-corrected chi connectivity index (χ1v) is 7.72. The molecule has 4 nitrogen and oxygen atoms in total. The SMILES string of the molecule is CC1(C)CCC(NC(=O)c2sc3cccnc3c2N)C1. The first-order chi connectivity index (χ1) is 9.46. The number of carbonyl (C=O) groups is 1. The second kappa shape index (κ2) is 4.74. The van der Waals surface area contributed by atoms with Gasteiger partial charge in [0.1, 0.15) is 10.4 Å². The molecule has 106 valence electrons. The summed E-state index contributed by atoms with van der Waals surface area (Å²) in [4.78, 5) is 17.2. The van der Waals surface area contributed by atoms with Crippen LogP contribution in [0.3, 0.4) is 0 Å². The first-order valence-electron chi connectivity index (χ1n) is 6.90. The summed E-state index contributed by atoms with van der Waals surface area (Å²) in [6, 6.07) is 4.06. The second-order valence-corrected chi connectivity index (χ2v) is 7.32. The smallest absolute Gasteiger partial charge is 0.263 e. The topological polar surface area (TPSA) is 68.0 Å². The molecule has 1 fully saturated rings. The van der Waals surface area contributed by atoms with Gasteiger partial charge in [-0.15, -0.1) is 11.3 Å². The third-order valence-corrected chi connectivity index (χ3v) is 5.15. The summed E-state index contributed by atoms with van der Waals surface area (Å²) in [5, 5.41) is 3.12. The third kappa shape index (κ3) is 2.38. The largest absolute Gasteiger partial charge is 0.396 e. The predicted octanol–water partition coefficient (Wildman–Crippen LogP) is 3.19. The molecule has 0 aromatic carbocycles. The standard InChI is InChI=1S/C15H19N3OS/c1-15(2)6-5-9(8-15)18-14(19)13-11(16)12-10(20-13)4-3-7-17-12/h3-4,7,9H,5-6,8,16H2,1-2H3,(H,18,19). The molecule has 2 heterocycles. The van der Waals surface area contributed by atoms with E-state index in [9.17, 15) is 4.79 Å². The molecular formula is C15H19N3OS. The Labute approximate surface area is 122 Å². The van der Waals surface area contributed by atoms with Gasteiger partial charge in [0.2, 0.25) is 0 Å². The highest BCUT2D eigenvalue weighted by atomic mass is 32.1. The van der Waals surface area contributed by atoms with Gasteiger partial charge in [-0.05, 0) is 36.8 Å². The number of nitrogens with one attached hydrogen (secondary N) is 1. The summed E-state index contributed by atoms with van der Waals surface area (Å²) in [6.07, 6.45) is 4.93. The number of fused-ring (bicyclic) bond motifs is 1. The van der Waals surface area contributed by atoms with Crippen molar-refractivity contribution < 1.29 is 4.79 Å². The number of anilines is 1. The van der Waals surface area contributed by atoms with Gasteiger partial charge >= 0.3 is 0 Å². The molecule has 0 radical (unpaired) electrons. The van der Waals surface area contributed by atoms with Crippen molar-refractivity contribution in [2.45, 2.75) is 39.2 Å². The van der Waals surface area contributed by atoms with E-state index in [-0.39, 0.29) is 11.9 Å². The number of hydrogen-bond donors (Lipinski definition) is 2. The molecule has 3 N–H and O–H groups in total. The van der Waals surface area contributed by atoms with Gasteiger partial charge < -0.3 is 11.1 Å². The summed E-state index contributed by atoms with van der Waals surface area (Å²) in [5.41, 5.74) is 7.61. The number of nitrogens with zero attached hydrogens (tertiary/aromatic N) is 1. The zero-order valence-electron chi connectivity index (χ0n) is 11.8. The lowest BCUT2D eigenvalue weighted by Crippen LogP contribution is -2.33. The van der Waals surface area contributed by atoms with E-state index in [1.165, 1.54) is 11.3 Å². The number of pyridine rings is 1. The number of rotatable bonds is 2. The molecule has 0 bridgehead atoms. The van der Waals surface area contributed by atoms with Crippen molar-refractivity contribution in [3.8, 4) is 0 Å². The molecule has 0 spiro atoms. The van der Waals surface area contributed by atoms with Crippen molar-refractivity contribution in [1.82, 2.24) is 10.3 Å². The van der Waals surface area contributed by atoms with E-state index >= 15 is 0 Å². The van der Waals surface area contributed by atoms with Crippen molar-refractivity contribution >= 4 is 33.1 Å². The molecule has 0 aliphatic heterocycles. The van der Waals surface area contributed by atoms with Gasteiger partial charge in [0, 0.05) is 12.2 Å². The van der Waals surface area contributed by atoms with Crippen LogP contribution in [0, 0.1) is 5.41 Å². The van der Waals surface area contributed by atoms with Crippen LogP contribution in [0.2, 0.25) is 0 Å². The summed E-state index contributed by atoms with van der Waals surface area (Å²) in [5.74, 6) is -0.0619. The minimum atomic E-state index is -0.0619. The Balaban J connectivity index is 1.81. The zero-order valence-corrected chi connectivity index (χ0v) is 12.6. The van der Waals surface area contributed by atoms with Crippen molar-refractivity contribution in [1.29, 1.82) is 0 Å². The quantitative estimate of drug-likeness (QED) is 0.892. The summed E-state index contributed by atoms with van der Waals surface area (Å²) in [6.45, 7) is 4.49. The van der Waals surface area contributed by atoms with Gasteiger partial charge in [0.25, 0.3) is 5.91 Å². The molecule has 20 heavy (non-hydrogen) atoms. The number of hydrogen-bond acceptors (Lipinski definition) is 4. The molecule has 0 saturated heterocycles. The lowest BCUT2D eigenvalue weighted by molar-refractivity contribution is 0.0941. The number of nitrogens with two attached hydrogens (primary N) is 1. The highest BCUT2D eigenvalue weighted by Gasteiger charge is 2.32. The Morgan fingerprint density at radius 3 is 3.00 bits per heavy atom. The maximum absolute atomic E-state index is 12.4. The minimum Gasteiger partial charge on any atom is -0.396 e. The van der Waals surface area contributed by atoms with Crippen molar-refractivity contribution in [2.24, 2.45) is 5.41 Å². The van der Waals surface area contributed by atoms with E-state index in [1.54, 1.807) is 6.20 Å². The second-order valence-electron chi connectivity index (χ2n) is 6.27. The first kappa shape index (κ1) is 13.4. The van der Waals surface area contributed by atoms with Crippen LogP contribution in [-0.2, 0) is 0 Å². The average molecular weight is 289 g/mol. The van der Waals surface area contributed by atoms with Crippen LogP contribution in [0.15, 0.2) is 18.3 Å². The third-order valence-electron chi connectivity index (χ3n) is 3.99. The monoisotopic (exact) mass is 289 g/mol. The van der Waals surface area contributed by atoms with Gasteiger partial charge in [0.15, 0.2) is 0 Å². The molecule has 1 aliphatic rings. The Bertz CT molecular complexity index is 662. The number of amides is 1. The van der Waals surface area contributed by atoms with E-state index in [2.05, 4.69) is 24.1 Å². The Hall–Kier alpha value is -1.62. The molecule has 2 aromatic heterocycles. The molecule has 3 rings (SSSR count). The molecule has 1 saturated carbocycles. The van der Waals surface area contributed by atoms with E-state index in [0.29, 0.717) is 16.0 Å². The van der Waals surface area contributed by atoms with Crippen LogP contribution >= 0.6 is 11.3 Å². The van der Waals surface area contributed by atoms with E-state index in [0.717, 1.165) is 29.5 Å². The van der Waals surface area contributed by atoms with Crippen LogP contribution in [0.4, 0.5) is 5.69 Å². The van der Waals surface area contributed by atoms with Gasteiger partial charge in [-0.25, -0.2) is 0 Å². The normalized spacial score (nSPS) is 21.2. The highest BCUT2D eigenvalue weighted by molar-refractivity contribution is 7.21. The Morgan fingerprint density at radius 1 is 1.55 bits per heavy atom. The van der Waals surface area contributed by atoms with Crippen LogP contribution < -0.4 is 11.1 Å². The fraction of sp³-hybridized carbons (Fsp3) is 0.467. The van der Waals surface area contributed by atoms with Gasteiger partial charge in [-0.1, -0.05) is 13.8 Å². The van der Waals surface area contributed by atoms with E-state index in [4.69, 9.17) is 5.73 Å². The molecular weight excluding hydrogens is 270 g/mol. The average Bonchev–Trinajstić information content (AvgIpc) is 2.91. The number of thiophene rings is 1. The maximum atomic E-state index is 12.4. The number of nitrogen functional groups attached to an aromatic ring is 1. The fourth-order valence-corrected chi connectivity index (χ4v) is 3.91. The van der Waals surface area contributed by atoms with Crippen LogP contribution in [-0.4, -0.2) is 16.9 Å². The Kier molecular flexibility index (Phi) is 3.17. The van der Waals surface area contributed by atoms with Crippen molar-refractivity contribution in [3.05, 3.63) is 23.2 Å². The van der Waals surface area contributed by atoms with Crippen LogP contribution in [0.5, 0.6) is 0 Å². The number of carbonyl (C=O) groups excluding carboxylic acids is 1. The van der Waals surface area contributed by atoms with E-state index < -0.39 is 0 Å². The van der Waals surface area contributed by atoms with Crippen molar-refractivity contribution in [2.75, 3.05) is 5.73 Å². The molecule has 2 aromatic rings. The predicted molar refractivity (Wildman–Crippen MR) is 82.9 cm³/mol. The number of aromatic nitrogens is 1. The Morgan fingerprint density at radius 2 is 2.35 bits per heavy atom. The zero-order chi connectivity index (χ0) is 14.3. The molecule has 1 aliphatic carbocycles. The van der Waals surface area contributed by atoms with Gasteiger partial charge in [-0.3, -0.25) is 9.78 Å². The lowest BCUT2D eigenvalue weighted by Gasteiger charge is -2.17. The minimum absolute atomic E-state index is 0.0619. The lowest BCUT2D eigenvalue weighted by atomic mass is 9.92.